The summed E-state index contributed by atoms with van der Waals surface area (Å²) in [5.41, 5.74) is 3.57. The van der Waals surface area contributed by atoms with Gasteiger partial charge in [0, 0.05) is 23.3 Å². The molecule has 1 atom stereocenters. The molecule has 0 aliphatic carbocycles. The average Bonchev–Trinajstić information content (AvgIpc) is 2.66. The lowest BCUT2D eigenvalue weighted by atomic mass is 9.95. The second-order valence-corrected chi connectivity index (χ2v) is 8.31. The smallest absolute Gasteiger partial charge is 0.319 e. The van der Waals surface area contributed by atoms with Gasteiger partial charge >= 0.3 is 6.03 Å². The van der Waals surface area contributed by atoms with Gasteiger partial charge in [0.15, 0.2) is 0 Å². The fourth-order valence-corrected chi connectivity index (χ4v) is 3.62. The Morgan fingerprint density at radius 3 is 2.59 bits per heavy atom. The summed E-state index contributed by atoms with van der Waals surface area (Å²) in [5, 5.41) is 15.2. The van der Waals surface area contributed by atoms with Gasteiger partial charge in [0.1, 0.15) is 0 Å². The number of fused-ring (bicyclic) bond motifs is 1. The number of hydrogen-bond acceptors (Lipinski definition) is 3. The van der Waals surface area contributed by atoms with E-state index < -0.39 is 0 Å². The van der Waals surface area contributed by atoms with Gasteiger partial charge in [-0.15, -0.1) is 0 Å². The van der Waals surface area contributed by atoms with Crippen LogP contribution in [0.15, 0.2) is 42.5 Å². The van der Waals surface area contributed by atoms with Gasteiger partial charge in [-0.2, -0.15) is 5.26 Å². The van der Waals surface area contributed by atoms with Crippen molar-refractivity contribution < 1.29 is 9.59 Å². The van der Waals surface area contributed by atoms with Crippen molar-refractivity contribution in [2.24, 2.45) is 0 Å². The molecule has 0 aromatic heterocycles. The molecular formula is C23H26N4O2. The number of hydrogen-bond donors (Lipinski definition) is 2. The van der Waals surface area contributed by atoms with Gasteiger partial charge in [-0.3, -0.25) is 4.79 Å². The van der Waals surface area contributed by atoms with Gasteiger partial charge in [-0.05, 0) is 69.5 Å². The molecule has 1 heterocycles. The first-order valence-corrected chi connectivity index (χ1v) is 9.73. The normalized spacial score (nSPS) is 14.6. The minimum Gasteiger partial charge on any atom is -0.333 e. The number of aryl methyl sites for hydroxylation is 1. The molecule has 0 radical (unpaired) electrons. The molecule has 0 unspecified atom stereocenters. The zero-order valence-electron chi connectivity index (χ0n) is 17.2. The number of rotatable bonds is 3. The summed E-state index contributed by atoms with van der Waals surface area (Å²) in [6.07, 6.45) is 1.01. The van der Waals surface area contributed by atoms with Crippen LogP contribution in [0.4, 0.5) is 16.2 Å². The minimum absolute atomic E-state index is 0.0314. The summed E-state index contributed by atoms with van der Waals surface area (Å²) in [6.45, 7) is 7.70. The number of nitriles is 1. The van der Waals surface area contributed by atoms with E-state index in [-0.39, 0.29) is 23.5 Å². The van der Waals surface area contributed by atoms with Gasteiger partial charge in [0.05, 0.1) is 17.7 Å². The topological polar surface area (TPSA) is 85.2 Å². The number of urea groups is 1. The van der Waals surface area contributed by atoms with Crippen LogP contribution in [0.25, 0.3) is 0 Å². The van der Waals surface area contributed by atoms with Crippen LogP contribution < -0.4 is 15.5 Å². The first kappa shape index (κ1) is 20.4. The van der Waals surface area contributed by atoms with Gasteiger partial charge in [0.25, 0.3) is 0 Å². The Labute approximate surface area is 171 Å². The summed E-state index contributed by atoms with van der Waals surface area (Å²) in [6, 6.07) is 14.6. The molecule has 6 heteroatoms. The van der Waals surface area contributed by atoms with E-state index in [2.05, 4.69) is 16.7 Å². The van der Waals surface area contributed by atoms with E-state index in [0.29, 0.717) is 24.1 Å². The summed E-state index contributed by atoms with van der Waals surface area (Å²) in [4.78, 5) is 26.7. The minimum atomic E-state index is -0.328. The van der Waals surface area contributed by atoms with E-state index in [9.17, 15) is 14.9 Å². The summed E-state index contributed by atoms with van der Waals surface area (Å²) < 4.78 is 0. The van der Waals surface area contributed by atoms with Crippen molar-refractivity contribution in [3.05, 3.63) is 59.2 Å². The molecule has 2 N–H and O–H groups in total. The Balaban J connectivity index is 1.89. The number of amides is 3. The lowest BCUT2D eigenvalue weighted by Crippen LogP contribution is -2.43. The lowest BCUT2D eigenvalue weighted by Gasteiger charge is -2.35. The highest BCUT2D eigenvalue weighted by Gasteiger charge is 2.30. The maximum Gasteiger partial charge on any atom is 0.319 e. The summed E-state index contributed by atoms with van der Waals surface area (Å²) >= 11 is 0. The highest BCUT2D eigenvalue weighted by atomic mass is 16.2. The molecule has 2 aromatic carbocycles. The SMILES string of the molecule is C[C@@H](c1ccccc1C#N)N1C(=O)CCc2cc(NC(=O)NC(C)(C)C)ccc21. The number of nitrogens with zero attached hydrogens (tertiary/aromatic N) is 2. The van der Waals surface area contributed by atoms with Crippen molar-refractivity contribution in [1.82, 2.24) is 5.32 Å². The lowest BCUT2D eigenvalue weighted by molar-refractivity contribution is -0.119. The summed E-state index contributed by atoms with van der Waals surface area (Å²) in [7, 11) is 0. The van der Waals surface area contributed by atoms with Gasteiger partial charge in [-0.25, -0.2) is 4.79 Å². The van der Waals surface area contributed by atoms with Crippen molar-refractivity contribution >= 4 is 23.3 Å². The van der Waals surface area contributed by atoms with Gasteiger partial charge < -0.3 is 15.5 Å². The molecule has 2 aromatic rings. The fraction of sp³-hybridized carbons (Fsp3) is 0.348. The number of carbonyl (C=O) groups excluding carboxylic acids is 2. The van der Waals surface area contributed by atoms with Crippen LogP contribution in [0.1, 0.15) is 56.8 Å². The van der Waals surface area contributed by atoms with Crippen LogP contribution in [0, 0.1) is 11.3 Å². The Hall–Kier alpha value is -3.33. The van der Waals surface area contributed by atoms with E-state index in [1.54, 1.807) is 17.0 Å². The second-order valence-electron chi connectivity index (χ2n) is 8.31. The molecule has 29 heavy (non-hydrogen) atoms. The molecule has 1 aliphatic heterocycles. The molecule has 0 spiro atoms. The molecule has 0 saturated carbocycles. The number of anilines is 2. The third-order valence-electron chi connectivity index (χ3n) is 4.88. The maximum absolute atomic E-state index is 12.8. The quantitative estimate of drug-likeness (QED) is 0.808. The van der Waals surface area contributed by atoms with Crippen molar-refractivity contribution in [2.75, 3.05) is 10.2 Å². The molecule has 0 saturated heterocycles. The number of benzene rings is 2. The predicted octanol–water partition coefficient (Wildman–Crippen LogP) is 4.52. The van der Waals surface area contributed by atoms with Gasteiger partial charge in [-0.1, -0.05) is 18.2 Å². The molecule has 3 rings (SSSR count). The van der Waals surface area contributed by atoms with Crippen LogP contribution in [-0.4, -0.2) is 17.5 Å². The third-order valence-corrected chi connectivity index (χ3v) is 4.88. The van der Waals surface area contributed by atoms with Crippen LogP contribution in [0.3, 0.4) is 0 Å². The largest absolute Gasteiger partial charge is 0.333 e. The predicted molar refractivity (Wildman–Crippen MR) is 114 cm³/mol. The van der Waals surface area contributed by atoms with Gasteiger partial charge in [0.2, 0.25) is 5.91 Å². The van der Waals surface area contributed by atoms with Crippen LogP contribution >= 0.6 is 0 Å². The van der Waals surface area contributed by atoms with Crippen molar-refractivity contribution in [3.63, 3.8) is 0 Å². The molecule has 0 bridgehead atoms. The Morgan fingerprint density at radius 1 is 1.17 bits per heavy atom. The summed E-state index contributed by atoms with van der Waals surface area (Å²) in [5.74, 6) is 0.0314. The Bertz CT molecular complexity index is 985. The average molecular weight is 390 g/mol. The first-order valence-electron chi connectivity index (χ1n) is 9.73. The first-order chi connectivity index (χ1) is 13.7. The van der Waals surface area contributed by atoms with Crippen molar-refractivity contribution in [1.29, 1.82) is 5.26 Å². The molecule has 150 valence electrons. The third kappa shape index (κ3) is 4.57. The number of carbonyl (C=O) groups is 2. The monoisotopic (exact) mass is 390 g/mol. The highest BCUT2D eigenvalue weighted by molar-refractivity contribution is 5.98. The molecule has 1 aliphatic rings. The molecule has 3 amide bonds. The Morgan fingerprint density at radius 2 is 1.90 bits per heavy atom. The number of nitrogens with one attached hydrogen (secondary N) is 2. The molecule has 0 fully saturated rings. The maximum atomic E-state index is 12.8. The zero-order chi connectivity index (χ0) is 21.2. The van der Waals surface area contributed by atoms with Crippen LogP contribution in [0.2, 0.25) is 0 Å². The standard InChI is InChI=1S/C23H26N4O2/c1-15(19-8-6-5-7-17(19)14-24)27-20-11-10-18(13-16(20)9-12-21(27)28)25-22(29)26-23(2,3)4/h5-8,10-11,13,15H,9,12H2,1-4H3,(H2,25,26,29)/t15-/m0/s1. The van der Waals surface area contributed by atoms with Crippen LogP contribution in [0.5, 0.6) is 0 Å². The van der Waals surface area contributed by atoms with E-state index >= 15 is 0 Å². The molecule has 6 nitrogen and oxygen atoms in total. The van der Waals surface area contributed by atoms with E-state index in [1.807, 2.05) is 58.0 Å². The Kier molecular flexibility index (Phi) is 5.60. The molecular weight excluding hydrogens is 364 g/mol. The van der Waals surface area contributed by atoms with Crippen molar-refractivity contribution in [3.8, 4) is 6.07 Å². The van der Waals surface area contributed by atoms with E-state index in [0.717, 1.165) is 16.8 Å². The fourth-order valence-electron chi connectivity index (χ4n) is 3.62. The van der Waals surface area contributed by atoms with E-state index in [4.69, 9.17) is 0 Å². The zero-order valence-corrected chi connectivity index (χ0v) is 17.2. The van der Waals surface area contributed by atoms with Crippen LogP contribution in [-0.2, 0) is 11.2 Å². The highest BCUT2D eigenvalue weighted by Crippen LogP contribution is 2.37. The second kappa shape index (κ2) is 7.96. The van der Waals surface area contributed by atoms with E-state index in [1.165, 1.54) is 0 Å². The van der Waals surface area contributed by atoms with Crippen molar-refractivity contribution in [2.45, 2.75) is 52.1 Å².